The predicted molar refractivity (Wildman–Crippen MR) is 80.0 cm³/mol. The van der Waals surface area contributed by atoms with E-state index in [-0.39, 0.29) is 0 Å². The summed E-state index contributed by atoms with van der Waals surface area (Å²) in [5, 5.41) is 0.442. The Hall–Kier alpha value is -0.950. The first-order valence-electron chi connectivity index (χ1n) is 5.25. The van der Waals surface area contributed by atoms with E-state index in [4.69, 9.17) is 16.3 Å². The second kappa shape index (κ2) is 6.47. The van der Waals surface area contributed by atoms with Gasteiger partial charge in [0.15, 0.2) is 10.7 Å². The number of benzene rings is 1. The summed E-state index contributed by atoms with van der Waals surface area (Å²) in [6, 6.07) is 10.4. The molecule has 1 aromatic heterocycles. The van der Waals surface area contributed by atoms with Crippen molar-refractivity contribution in [3.63, 3.8) is 0 Å². The molecular weight excluding hydrogens is 352 g/mol. The van der Waals surface area contributed by atoms with Crippen molar-refractivity contribution in [2.24, 2.45) is 0 Å². The van der Waals surface area contributed by atoms with Crippen LogP contribution < -0.4 is 9.46 Å². The molecule has 2 aromatic rings. The quantitative estimate of drug-likeness (QED) is 0.845. The highest BCUT2D eigenvalue weighted by Crippen LogP contribution is 2.26. The molecule has 0 amide bonds. The lowest BCUT2D eigenvalue weighted by Gasteiger charge is -2.12. The molecule has 0 spiro atoms. The number of nitrogens with one attached hydrogen (secondary N) is 1. The zero-order valence-electron chi connectivity index (χ0n) is 9.89. The second-order valence-corrected chi connectivity index (χ2v) is 5.93. The van der Waals surface area contributed by atoms with Crippen LogP contribution in [-0.2, 0) is 11.4 Å². The van der Waals surface area contributed by atoms with Gasteiger partial charge in [-0.05, 0) is 40.2 Å². The molecule has 100 valence electrons. The molecule has 0 radical (unpaired) electrons. The lowest BCUT2D eigenvalue weighted by atomic mass is 10.4. The average molecular weight is 362 g/mol. The van der Waals surface area contributed by atoms with Gasteiger partial charge in [-0.15, -0.1) is 0 Å². The van der Waals surface area contributed by atoms with Crippen molar-refractivity contribution in [1.82, 2.24) is 4.98 Å². The summed E-state index contributed by atoms with van der Waals surface area (Å²) in [5.41, 5.74) is 0. The third kappa shape index (κ3) is 3.54. The van der Waals surface area contributed by atoms with E-state index in [2.05, 4.69) is 25.6 Å². The van der Waals surface area contributed by atoms with E-state index >= 15 is 0 Å². The Labute approximate surface area is 127 Å². The summed E-state index contributed by atoms with van der Waals surface area (Å²) in [6.07, 6.45) is 0. The molecule has 1 aromatic carbocycles. The number of hydrogen-bond acceptors (Lipinski definition) is 4. The van der Waals surface area contributed by atoms with E-state index < -0.39 is 11.4 Å². The molecule has 0 aliphatic carbocycles. The van der Waals surface area contributed by atoms with Crippen LogP contribution in [0.25, 0.3) is 0 Å². The van der Waals surface area contributed by atoms with E-state index in [1.807, 2.05) is 0 Å². The van der Waals surface area contributed by atoms with Gasteiger partial charge in [0, 0.05) is 0 Å². The predicted octanol–water partition coefficient (Wildman–Crippen LogP) is 3.64. The van der Waals surface area contributed by atoms with Crippen molar-refractivity contribution in [3.05, 3.63) is 45.9 Å². The highest BCUT2D eigenvalue weighted by Gasteiger charge is 2.16. The van der Waals surface area contributed by atoms with Crippen LogP contribution >= 0.6 is 27.5 Å². The molecule has 1 atom stereocenters. The highest BCUT2D eigenvalue weighted by atomic mass is 79.9. The largest absolute Gasteiger partial charge is 0.588 e. The van der Waals surface area contributed by atoms with Crippen molar-refractivity contribution in [3.8, 4) is 5.88 Å². The first-order valence-corrected chi connectivity index (χ1v) is 7.57. The fourth-order valence-electron chi connectivity index (χ4n) is 1.37. The second-order valence-electron chi connectivity index (χ2n) is 3.49. The van der Waals surface area contributed by atoms with E-state index in [9.17, 15) is 4.55 Å². The van der Waals surface area contributed by atoms with Gasteiger partial charge in [-0.2, -0.15) is 9.71 Å². The molecule has 0 saturated carbocycles. The molecule has 1 unspecified atom stereocenters. The van der Waals surface area contributed by atoms with Crippen LogP contribution in [0.2, 0.25) is 5.02 Å². The number of halogens is 2. The molecule has 1 heterocycles. The number of nitrogens with zero attached hydrogens (tertiary/aromatic N) is 1. The fraction of sp³-hybridized carbons (Fsp3) is 0.0833. The molecule has 0 bridgehead atoms. The van der Waals surface area contributed by atoms with Crippen LogP contribution in [0.15, 0.2) is 45.8 Å². The smallest absolute Gasteiger partial charge is 0.229 e. The van der Waals surface area contributed by atoms with Gasteiger partial charge in [0.25, 0.3) is 0 Å². The molecule has 19 heavy (non-hydrogen) atoms. The van der Waals surface area contributed by atoms with Gasteiger partial charge >= 0.3 is 0 Å². The molecule has 1 N–H and O–H groups in total. The standard InChI is InChI=1S/C12H10BrClN2O2S/c1-18-12-8(13)6-7-11(15-12)16-19(17)10-5-3-2-4-9(10)14/h2-7H,1H3,(H,15,16). The third-order valence-electron chi connectivity index (χ3n) is 2.24. The van der Waals surface area contributed by atoms with Crippen LogP contribution in [-0.4, -0.2) is 16.6 Å². The summed E-state index contributed by atoms with van der Waals surface area (Å²) in [7, 11) is 1.52. The monoisotopic (exact) mass is 360 g/mol. The van der Waals surface area contributed by atoms with Gasteiger partial charge in [0.1, 0.15) is 11.4 Å². The molecule has 0 fully saturated rings. The minimum Gasteiger partial charge on any atom is -0.588 e. The van der Waals surface area contributed by atoms with Gasteiger partial charge in [-0.1, -0.05) is 23.7 Å². The van der Waals surface area contributed by atoms with Crippen molar-refractivity contribution in [1.29, 1.82) is 0 Å². The van der Waals surface area contributed by atoms with Crippen LogP contribution in [0.4, 0.5) is 5.82 Å². The third-order valence-corrected chi connectivity index (χ3v) is 4.44. The van der Waals surface area contributed by atoms with Gasteiger partial charge in [0.05, 0.1) is 16.6 Å². The normalized spacial score (nSPS) is 12.0. The first-order chi connectivity index (χ1) is 9.11. The summed E-state index contributed by atoms with van der Waals surface area (Å²) in [4.78, 5) is 4.68. The minimum atomic E-state index is -1.48. The van der Waals surface area contributed by atoms with Gasteiger partial charge < -0.3 is 9.29 Å². The van der Waals surface area contributed by atoms with E-state index in [1.165, 1.54) is 7.11 Å². The summed E-state index contributed by atoms with van der Waals surface area (Å²) < 4.78 is 20.7. The SMILES string of the molecule is COc1nc(N[S+]([O-])c2ccccc2Cl)ccc1Br. The number of ether oxygens (including phenoxy) is 1. The number of rotatable bonds is 4. The lowest BCUT2D eigenvalue weighted by molar-refractivity contribution is 0.396. The van der Waals surface area contributed by atoms with E-state index in [0.29, 0.717) is 21.6 Å². The summed E-state index contributed by atoms with van der Waals surface area (Å²) in [6.45, 7) is 0. The summed E-state index contributed by atoms with van der Waals surface area (Å²) >= 11 is 7.81. The Morgan fingerprint density at radius 2 is 2.05 bits per heavy atom. The Kier molecular flexibility index (Phi) is 4.93. The number of pyridine rings is 1. The van der Waals surface area contributed by atoms with E-state index in [0.717, 1.165) is 4.47 Å². The highest BCUT2D eigenvalue weighted by molar-refractivity contribution is 9.10. The number of hydrogen-bond donors (Lipinski definition) is 1. The van der Waals surface area contributed by atoms with E-state index in [1.54, 1.807) is 36.4 Å². The van der Waals surface area contributed by atoms with Crippen LogP contribution in [0.3, 0.4) is 0 Å². The van der Waals surface area contributed by atoms with Crippen molar-refractivity contribution in [2.45, 2.75) is 4.90 Å². The number of aromatic nitrogens is 1. The maximum absolute atomic E-state index is 12.1. The van der Waals surface area contributed by atoms with Crippen LogP contribution in [0.5, 0.6) is 5.88 Å². The molecule has 0 aliphatic heterocycles. The molecule has 0 saturated heterocycles. The zero-order valence-corrected chi connectivity index (χ0v) is 13.1. The van der Waals surface area contributed by atoms with Gasteiger partial charge in [0.2, 0.25) is 5.88 Å². The molecule has 2 rings (SSSR count). The molecular formula is C12H10BrClN2O2S. The topological polar surface area (TPSA) is 57.2 Å². The molecule has 4 nitrogen and oxygen atoms in total. The minimum absolute atomic E-state index is 0.418. The Morgan fingerprint density at radius 3 is 2.74 bits per heavy atom. The number of anilines is 1. The summed E-state index contributed by atoms with van der Waals surface area (Å²) in [5.74, 6) is 0.861. The fourth-order valence-corrected chi connectivity index (χ4v) is 2.96. The Balaban J connectivity index is 2.19. The van der Waals surface area contributed by atoms with Crippen molar-refractivity contribution >= 4 is 44.7 Å². The molecule has 7 heteroatoms. The van der Waals surface area contributed by atoms with Crippen LogP contribution in [0.1, 0.15) is 0 Å². The van der Waals surface area contributed by atoms with Crippen LogP contribution in [0, 0.1) is 0 Å². The molecule has 0 aliphatic rings. The number of methoxy groups -OCH3 is 1. The Bertz CT molecular complexity index is 585. The van der Waals surface area contributed by atoms with Crippen molar-refractivity contribution < 1.29 is 9.29 Å². The average Bonchev–Trinajstić information content (AvgIpc) is 2.41. The van der Waals surface area contributed by atoms with Gasteiger partial charge in [-0.25, -0.2) is 0 Å². The Morgan fingerprint density at radius 1 is 1.32 bits per heavy atom. The maximum Gasteiger partial charge on any atom is 0.229 e. The maximum atomic E-state index is 12.1. The van der Waals surface area contributed by atoms with Gasteiger partial charge in [-0.3, -0.25) is 0 Å². The van der Waals surface area contributed by atoms with Crippen molar-refractivity contribution in [2.75, 3.05) is 11.8 Å². The zero-order chi connectivity index (χ0) is 13.8. The lowest BCUT2D eigenvalue weighted by Crippen LogP contribution is -2.14. The first kappa shape index (κ1) is 14.5.